The fraction of sp³-hybridized carbons (Fsp3) is 0.471. The molecular weight excluding hydrogens is 294 g/mol. The number of para-hydroxylation sites is 1. The molecule has 0 aliphatic heterocycles. The zero-order valence-electron chi connectivity index (χ0n) is 13.7. The molecule has 1 atom stereocenters. The van der Waals surface area contributed by atoms with Gasteiger partial charge in [-0.1, -0.05) is 44.7 Å². The largest absolute Gasteiger partial charge is 0.368 e. The van der Waals surface area contributed by atoms with E-state index < -0.39 is 17.9 Å². The molecule has 0 unspecified atom stereocenters. The van der Waals surface area contributed by atoms with E-state index in [1.54, 1.807) is 24.3 Å². The van der Waals surface area contributed by atoms with Gasteiger partial charge in [-0.2, -0.15) is 0 Å². The van der Waals surface area contributed by atoms with Gasteiger partial charge in [-0.15, -0.1) is 0 Å². The van der Waals surface area contributed by atoms with Crippen LogP contribution in [0.1, 0.15) is 56.3 Å². The van der Waals surface area contributed by atoms with Crippen molar-refractivity contribution in [2.45, 2.75) is 52.0 Å². The Kier molecular flexibility index (Phi) is 7.80. The van der Waals surface area contributed by atoms with Gasteiger partial charge in [0.15, 0.2) is 0 Å². The molecule has 126 valence electrons. The highest BCUT2D eigenvalue weighted by Gasteiger charge is 2.20. The molecule has 0 spiro atoms. The number of amides is 3. The summed E-state index contributed by atoms with van der Waals surface area (Å²) in [4.78, 5) is 35.1. The summed E-state index contributed by atoms with van der Waals surface area (Å²) in [6, 6.07) is 5.94. The molecule has 6 nitrogen and oxygen atoms in total. The first-order valence-corrected chi connectivity index (χ1v) is 7.92. The van der Waals surface area contributed by atoms with E-state index in [-0.39, 0.29) is 5.91 Å². The number of rotatable bonds is 9. The average molecular weight is 319 g/mol. The minimum absolute atomic E-state index is 0.267. The van der Waals surface area contributed by atoms with E-state index in [2.05, 4.69) is 17.6 Å². The molecule has 0 aliphatic carbocycles. The number of unbranched alkanes of at least 4 members (excludes halogenated alkanes) is 3. The number of benzene rings is 1. The Labute approximate surface area is 136 Å². The highest BCUT2D eigenvalue weighted by Crippen LogP contribution is 2.15. The molecule has 0 bridgehead atoms. The topological polar surface area (TPSA) is 101 Å². The lowest BCUT2D eigenvalue weighted by Crippen LogP contribution is -2.44. The molecule has 0 aromatic heterocycles. The van der Waals surface area contributed by atoms with Crippen molar-refractivity contribution in [2.75, 3.05) is 5.32 Å². The monoisotopic (exact) mass is 319 g/mol. The smallest absolute Gasteiger partial charge is 0.254 e. The molecule has 1 aromatic carbocycles. The highest BCUT2D eigenvalue weighted by molar-refractivity contribution is 6.04. The molecule has 4 N–H and O–H groups in total. The summed E-state index contributed by atoms with van der Waals surface area (Å²) in [5.41, 5.74) is 6.09. The minimum atomic E-state index is -0.704. The van der Waals surface area contributed by atoms with Crippen LogP contribution in [0.4, 0.5) is 5.69 Å². The number of anilines is 1. The molecule has 3 amide bonds. The Hall–Kier alpha value is -2.37. The maximum absolute atomic E-state index is 12.4. The Balaban J connectivity index is 2.75. The molecule has 0 aliphatic rings. The standard InChI is InChI=1S/C17H25N3O3/c1-3-4-5-6-11-15(16(18)22)20-17(23)13-9-7-8-10-14(13)19-12(2)21/h7-10,15H,3-6,11H2,1-2H3,(H2,18,22)(H,19,21)(H,20,23)/t15-/m0/s1. The molecule has 0 fully saturated rings. The van der Waals surface area contributed by atoms with E-state index >= 15 is 0 Å². The van der Waals surface area contributed by atoms with Gasteiger partial charge in [-0.3, -0.25) is 14.4 Å². The van der Waals surface area contributed by atoms with Crippen LogP contribution >= 0.6 is 0 Å². The molecule has 0 radical (unpaired) electrons. The van der Waals surface area contributed by atoms with E-state index in [1.165, 1.54) is 6.92 Å². The Morgan fingerprint density at radius 3 is 2.43 bits per heavy atom. The van der Waals surface area contributed by atoms with Gasteiger partial charge in [0.25, 0.3) is 5.91 Å². The van der Waals surface area contributed by atoms with Gasteiger partial charge < -0.3 is 16.4 Å². The molecule has 0 saturated heterocycles. The van der Waals surface area contributed by atoms with Crippen LogP contribution in [0.15, 0.2) is 24.3 Å². The van der Waals surface area contributed by atoms with Crippen LogP contribution in [-0.4, -0.2) is 23.8 Å². The van der Waals surface area contributed by atoms with E-state index in [0.717, 1.165) is 25.7 Å². The maximum atomic E-state index is 12.4. The third kappa shape index (κ3) is 6.50. The molecule has 6 heteroatoms. The Morgan fingerprint density at radius 2 is 1.83 bits per heavy atom. The van der Waals surface area contributed by atoms with Crippen LogP contribution in [0.25, 0.3) is 0 Å². The van der Waals surface area contributed by atoms with E-state index in [0.29, 0.717) is 17.7 Å². The van der Waals surface area contributed by atoms with Gasteiger partial charge >= 0.3 is 0 Å². The summed E-state index contributed by atoms with van der Waals surface area (Å²) < 4.78 is 0. The summed E-state index contributed by atoms with van der Waals surface area (Å²) in [5.74, 6) is -1.24. The SMILES string of the molecule is CCCCCC[C@H](NC(=O)c1ccccc1NC(C)=O)C(N)=O. The first-order valence-electron chi connectivity index (χ1n) is 7.92. The molecule has 0 saturated carbocycles. The van der Waals surface area contributed by atoms with Gasteiger partial charge in [0, 0.05) is 6.92 Å². The third-order valence-electron chi connectivity index (χ3n) is 3.48. The minimum Gasteiger partial charge on any atom is -0.368 e. The molecule has 23 heavy (non-hydrogen) atoms. The van der Waals surface area contributed by atoms with Crippen molar-refractivity contribution in [1.29, 1.82) is 0 Å². The van der Waals surface area contributed by atoms with Gasteiger partial charge in [-0.25, -0.2) is 0 Å². The summed E-state index contributed by atoms with van der Waals surface area (Å²) in [5, 5.41) is 5.26. The maximum Gasteiger partial charge on any atom is 0.254 e. The van der Waals surface area contributed by atoms with Crippen LogP contribution in [0.2, 0.25) is 0 Å². The van der Waals surface area contributed by atoms with Crippen LogP contribution in [-0.2, 0) is 9.59 Å². The van der Waals surface area contributed by atoms with Crippen molar-refractivity contribution in [3.8, 4) is 0 Å². The first kappa shape index (κ1) is 18.7. The normalized spacial score (nSPS) is 11.6. The summed E-state index contributed by atoms with van der Waals surface area (Å²) in [6.45, 7) is 3.47. The lowest BCUT2D eigenvalue weighted by Gasteiger charge is -2.17. The predicted octanol–water partition coefficient (Wildman–Crippen LogP) is 2.20. The summed E-state index contributed by atoms with van der Waals surface area (Å²) in [6.07, 6.45) is 4.53. The molecule has 1 rings (SSSR count). The molecule has 1 aromatic rings. The quantitative estimate of drug-likeness (QED) is 0.608. The van der Waals surface area contributed by atoms with Crippen LogP contribution in [0, 0.1) is 0 Å². The second-order valence-corrected chi connectivity index (χ2v) is 5.50. The number of hydrogen-bond donors (Lipinski definition) is 3. The van der Waals surface area contributed by atoms with E-state index in [9.17, 15) is 14.4 Å². The van der Waals surface area contributed by atoms with Gasteiger partial charge in [0.2, 0.25) is 11.8 Å². The Morgan fingerprint density at radius 1 is 1.13 bits per heavy atom. The number of hydrogen-bond acceptors (Lipinski definition) is 3. The molecule has 0 heterocycles. The zero-order chi connectivity index (χ0) is 17.2. The van der Waals surface area contributed by atoms with Crippen molar-refractivity contribution in [2.24, 2.45) is 5.73 Å². The average Bonchev–Trinajstić information content (AvgIpc) is 2.49. The number of carbonyl (C=O) groups is 3. The number of carbonyl (C=O) groups excluding carboxylic acids is 3. The van der Waals surface area contributed by atoms with Crippen molar-refractivity contribution in [1.82, 2.24) is 5.32 Å². The molecular formula is C17H25N3O3. The lowest BCUT2D eigenvalue weighted by molar-refractivity contribution is -0.120. The zero-order valence-corrected chi connectivity index (χ0v) is 13.7. The lowest BCUT2D eigenvalue weighted by atomic mass is 10.1. The number of primary amides is 1. The number of nitrogens with two attached hydrogens (primary N) is 1. The second-order valence-electron chi connectivity index (χ2n) is 5.50. The fourth-order valence-corrected chi connectivity index (χ4v) is 2.28. The summed E-state index contributed by atoms with van der Waals surface area (Å²) in [7, 11) is 0. The van der Waals surface area contributed by atoms with Crippen LogP contribution < -0.4 is 16.4 Å². The number of nitrogens with one attached hydrogen (secondary N) is 2. The second kappa shape index (κ2) is 9.61. The van der Waals surface area contributed by atoms with Crippen molar-refractivity contribution in [3.05, 3.63) is 29.8 Å². The predicted molar refractivity (Wildman–Crippen MR) is 90.0 cm³/mol. The Bertz CT molecular complexity index is 558. The van der Waals surface area contributed by atoms with E-state index in [1.807, 2.05) is 0 Å². The first-order chi connectivity index (χ1) is 11.0. The summed E-state index contributed by atoms with van der Waals surface area (Å²) >= 11 is 0. The third-order valence-corrected chi connectivity index (χ3v) is 3.48. The van der Waals surface area contributed by atoms with E-state index in [4.69, 9.17) is 5.73 Å². The van der Waals surface area contributed by atoms with Crippen LogP contribution in [0.5, 0.6) is 0 Å². The van der Waals surface area contributed by atoms with Gasteiger partial charge in [-0.05, 0) is 18.6 Å². The highest BCUT2D eigenvalue weighted by atomic mass is 16.2. The van der Waals surface area contributed by atoms with Crippen molar-refractivity contribution < 1.29 is 14.4 Å². The van der Waals surface area contributed by atoms with Crippen molar-refractivity contribution in [3.63, 3.8) is 0 Å². The van der Waals surface area contributed by atoms with Gasteiger partial charge in [0.05, 0.1) is 11.3 Å². The van der Waals surface area contributed by atoms with Gasteiger partial charge in [0.1, 0.15) is 6.04 Å². The fourth-order valence-electron chi connectivity index (χ4n) is 2.28. The van der Waals surface area contributed by atoms with Crippen molar-refractivity contribution >= 4 is 23.4 Å². The van der Waals surface area contributed by atoms with Crippen LogP contribution in [0.3, 0.4) is 0 Å².